The summed E-state index contributed by atoms with van der Waals surface area (Å²) in [4.78, 5) is 23.6. The van der Waals surface area contributed by atoms with Gasteiger partial charge in [0.05, 0.1) is 23.7 Å². The number of nitrogens with one attached hydrogen (secondary N) is 2. The number of hydrogen-bond donors (Lipinski definition) is 2. The summed E-state index contributed by atoms with van der Waals surface area (Å²) >= 11 is 5.95. The van der Waals surface area contributed by atoms with Gasteiger partial charge in [0.2, 0.25) is 11.8 Å². The molecule has 2 amide bonds. The average Bonchev–Trinajstić information content (AvgIpc) is 2.48. The van der Waals surface area contributed by atoms with Crippen LogP contribution in [-0.2, 0) is 16.0 Å². The molecular weight excluding hydrogens is 300 g/mol. The summed E-state index contributed by atoms with van der Waals surface area (Å²) in [5, 5.41) is 5.71. The number of hydrogen-bond acceptors (Lipinski definition) is 2. The van der Waals surface area contributed by atoms with Gasteiger partial charge >= 0.3 is 0 Å². The second-order valence-corrected chi connectivity index (χ2v) is 5.38. The zero-order valence-electron chi connectivity index (χ0n) is 12.2. The highest BCUT2D eigenvalue weighted by molar-refractivity contribution is 6.33. The Morgan fingerprint density at radius 2 is 1.82 bits per heavy atom. The molecule has 0 aliphatic rings. The molecule has 2 rings (SSSR count). The van der Waals surface area contributed by atoms with Gasteiger partial charge in [0, 0.05) is 0 Å². The van der Waals surface area contributed by atoms with Crippen LogP contribution in [0.15, 0.2) is 48.5 Å². The second kappa shape index (κ2) is 7.61. The van der Waals surface area contributed by atoms with Gasteiger partial charge in [-0.3, -0.25) is 9.59 Å². The van der Waals surface area contributed by atoms with Crippen molar-refractivity contribution in [3.8, 4) is 0 Å². The van der Waals surface area contributed by atoms with Gasteiger partial charge in [0.15, 0.2) is 0 Å². The van der Waals surface area contributed by atoms with Crippen molar-refractivity contribution in [3.05, 3.63) is 64.7 Å². The Balaban J connectivity index is 1.81. The predicted molar refractivity (Wildman–Crippen MR) is 88.0 cm³/mol. The average molecular weight is 317 g/mol. The summed E-state index contributed by atoms with van der Waals surface area (Å²) in [5.74, 6) is -0.509. The van der Waals surface area contributed by atoms with E-state index >= 15 is 0 Å². The van der Waals surface area contributed by atoms with Gasteiger partial charge in [-0.1, -0.05) is 53.6 Å². The number of aryl methyl sites for hydroxylation is 1. The third-order valence-electron chi connectivity index (χ3n) is 3.04. The van der Waals surface area contributed by atoms with E-state index in [1.54, 1.807) is 24.3 Å². The predicted octanol–water partition coefficient (Wildman–Crippen LogP) is 2.95. The molecule has 0 heterocycles. The van der Waals surface area contributed by atoms with Gasteiger partial charge in [-0.2, -0.15) is 0 Å². The van der Waals surface area contributed by atoms with Crippen LogP contribution in [0.25, 0.3) is 0 Å². The van der Waals surface area contributed by atoms with Crippen LogP contribution in [0.5, 0.6) is 0 Å². The van der Waals surface area contributed by atoms with Crippen LogP contribution in [0.2, 0.25) is 5.02 Å². The van der Waals surface area contributed by atoms with E-state index in [2.05, 4.69) is 10.6 Å². The maximum Gasteiger partial charge on any atom is 0.243 e. The molecule has 0 unspecified atom stereocenters. The summed E-state index contributed by atoms with van der Waals surface area (Å²) in [6, 6.07) is 14.7. The van der Waals surface area contributed by atoms with Crippen LogP contribution in [0, 0.1) is 6.92 Å². The van der Waals surface area contributed by atoms with E-state index in [-0.39, 0.29) is 24.8 Å². The van der Waals surface area contributed by atoms with Crippen LogP contribution in [0.4, 0.5) is 5.69 Å². The van der Waals surface area contributed by atoms with E-state index in [1.807, 2.05) is 31.2 Å². The summed E-state index contributed by atoms with van der Waals surface area (Å²) in [7, 11) is 0. The van der Waals surface area contributed by atoms with E-state index in [1.165, 1.54) is 0 Å². The number of anilines is 1. The number of benzene rings is 2. The van der Waals surface area contributed by atoms with Crippen molar-refractivity contribution in [1.82, 2.24) is 5.32 Å². The molecule has 5 heteroatoms. The van der Waals surface area contributed by atoms with E-state index < -0.39 is 0 Å². The molecule has 0 fully saturated rings. The molecule has 2 aromatic rings. The van der Waals surface area contributed by atoms with Crippen LogP contribution in [0.1, 0.15) is 11.1 Å². The van der Waals surface area contributed by atoms with Gasteiger partial charge in [0.25, 0.3) is 0 Å². The largest absolute Gasteiger partial charge is 0.347 e. The van der Waals surface area contributed by atoms with Crippen molar-refractivity contribution in [3.63, 3.8) is 0 Å². The van der Waals surface area contributed by atoms with Crippen LogP contribution >= 0.6 is 11.6 Å². The van der Waals surface area contributed by atoms with E-state index in [4.69, 9.17) is 11.6 Å². The fourth-order valence-electron chi connectivity index (χ4n) is 2.01. The molecule has 2 N–H and O–H groups in total. The standard InChI is InChI=1S/C17H17ClN2O2/c1-12-5-4-6-13(9-12)10-16(21)19-11-17(22)20-15-8-3-2-7-14(15)18/h2-9H,10-11H2,1H3,(H,19,21)(H,20,22). The lowest BCUT2D eigenvalue weighted by Gasteiger charge is -2.08. The van der Waals surface area contributed by atoms with E-state index in [9.17, 15) is 9.59 Å². The molecule has 0 bridgehead atoms. The quantitative estimate of drug-likeness (QED) is 0.891. The summed E-state index contributed by atoms with van der Waals surface area (Å²) in [6.07, 6.45) is 0.251. The maximum atomic E-state index is 11.8. The lowest BCUT2D eigenvalue weighted by Crippen LogP contribution is -2.33. The van der Waals surface area contributed by atoms with Gasteiger partial charge in [-0.15, -0.1) is 0 Å². The third-order valence-corrected chi connectivity index (χ3v) is 3.37. The smallest absolute Gasteiger partial charge is 0.243 e. The minimum absolute atomic E-state index is 0.0874. The van der Waals surface area contributed by atoms with Crippen LogP contribution in [-0.4, -0.2) is 18.4 Å². The second-order valence-electron chi connectivity index (χ2n) is 4.97. The monoisotopic (exact) mass is 316 g/mol. The Bertz CT molecular complexity index is 686. The molecule has 0 aromatic heterocycles. The first-order chi connectivity index (χ1) is 10.5. The Morgan fingerprint density at radius 3 is 2.55 bits per heavy atom. The van der Waals surface area contributed by atoms with Crippen molar-refractivity contribution in [2.45, 2.75) is 13.3 Å². The fourth-order valence-corrected chi connectivity index (χ4v) is 2.19. The van der Waals surface area contributed by atoms with Gasteiger partial charge in [-0.05, 0) is 24.6 Å². The first-order valence-electron chi connectivity index (χ1n) is 6.91. The molecule has 0 saturated carbocycles. The molecule has 114 valence electrons. The van der Waals surface area contributed by atoms with Gasteiger partial charge in [-0.25, -0.2) is 0 Å². The topological polar surface area (TPSA) is 58.2 Å². The highest BCUT2D eigenvalue weighted by Gasteiger charge is 2.08. The zero-order chi connectivity index (χ0) is 15.9. The molecule has 22 heavy (non-hydrogen) atoms. The third kappa shape index (κ3) is 4.90. The van der Waals surface area contributed by atoms with Crippen molar-refractivity contribution < 1.29 is 9.59 Å². The molecule has 2 aromatic carbocycles. The molecule has 0 aliphatic carbocycles. The molecule has 4 nitrogen and oxygen atoms in total. The number of carbonyl (C=O) groups excluding carboxylic acids is 2. The molecule has 0 aliphatic heterocycles. The highest BCUT2D eigenvalue weighted by Crippen LogP contribution is 2.19. The first-order valence-corrected chi connectivity index (χ1v) is 7.29. The van der Waals surface area contributed by atoms with Crippen molar-refractivity contribution in [2.75, 3.05) is 11.9 Å². The fraction of sp³-hybridized carbons (Fsp3) is 0.176. The van der Waals surface area contributed by atoms with Gasteiger partial charge in [0.1, 0.15) is 0 Å². The summed E-state index contributed by atoms with van der Waals surface area (Å²) in [5.41, 5.74) is 2.55. The first kappa shape index (κ1) is 16.0. The highest BCUT2D eigenvalue weighted by atomic mass is 35.5. The minimum atomic E-state index is -0.314. The lowest BCUT2D eigenvalue weighted by atomic mass is 10.1. The maximum absolute atomic E-state index is 11.8. The van der Waals surface area contributed by atoms with Crippen LogP contribution < -0.4 is 10.6 Å². The van der Waals surface area contributed by atoms with Crippen molar-refractivity contribution in [2.24, 2.45) is 0 Å². The normalized spacial score (nSPS) is 10.1. The van der Waals surface area contributed by atoms with Crippen molar-refractivity contribution in [1.29, 1.82) is 0 Å². The Morgan fingerprint density at radius 1 is 1.05 bits per heavy atom. The Labute approximate surface area is 134 Å². The van der Waals surface area contributed by atoms with Gasteiger partial charge < -0.3 is 10.6 Å². The Kier molecular flexibility index (Phi) is 5.55. The number of para-hydroxylation sites is 1. The number of amides is 2. The SMILES string of the molecule is Cc1cccc(CC(=O)NCC(=O)Nc2ccccc2Cl)c1. The van der Waals surface area contributed by atoms with Crippen molar-refractivity contribution >= 4 is 29.1 Å². The summed E-state index contributed by atoms with van der Waals surface area (Å²) in [6.45, 7) is 1.88. The molecule has 0 spiro atoms. The summed E-state index contributed by atoms with van der Waals surface area (Å²) < 4.78 is 0. The van der Waals surface area contributed by atoms with Crippen LogP contribution in [0.3, 0.4) is 0 Å². The zero-order valence-corrected chi connectivity index (χ0v) is 13.0. The van der Waals surface area contributed by atoms with E-state index in [0.717, 1.165) is 11.1 Å². The molecule has 0 atom stereocenters. The number of rotatable bonds is 5. The molecular formula is C17H17ClN2O2. The minimum Gasteiger partial charge on any atom is -0.347 e. The van der Waals surface area contributed by atoms with E-state index in [0.29, 0.717) is 10.7 Å². The number of carbonyl (C=O) groups is 2. The lowest BCUT2D eigenvalue weighted by molar-refractivity contribution is -0.123. The molecule has 0 saturated heterocycles. The Hall–Kier alpha value is -2.33. The molecule has 0 radical (unpaired) electrons. The number of halogens is 1.